The highest BCUT2D eigenvalue weighted by molar-refractivity contribution is 7.13. The summed E-state index contributed by atoms with van der Waals surface area (Å²) in [5, 5.41) is 5.84. The molecule has 2 aromatic heterocycles. The SMILES string of the molecule is C[C@@H]1CN(CCn2c(-c3cccs3)noc2=O)CCO1. The summed E-state index contributed by atoms with van der Waals surface area (Å²) in [6.07, 6.45) is 0.250. The monoisotopic (exact) mass is 295 g/mol. The van der Waals surface area contributed by atoms with E-state index >= 15 is 0 Å². The molecule has 3 rings (SSSR count). The van der Waals surface area contributed by atoms with Crippen LogP contribution in [0.4, 0.5) is 0 Å². The van der Waals surface area contributed by atoms with Crippen LogP contribution in [0.5, 0.6) is 0 Å². The highest BCUT2D eigenvalue weighted by Gasteiger charge is 2.18. The standard InChI is InChI=1S/C13H17N3O3S/c1-10-9-15(6-7-18-10)4-5-16-12(14-19-13(16)17)11-3-2-8-20-11/h2-3,8,10H,4-7,9H2,1H3/t10-/m1/s1. The number of nitrogens with zero attached hydrogens (tertiary/aromatic N) is 3. The molecule has 0 unspecified atom stereocenters. The largest absolute Gasteiger partial charge is 0.441 e. The van der Waals surface area contributed by atoms with Gasteiger partial charge in [-0.25, -0.2) is 4.79 Å². The normalized spacial score (nSPS) is 20.4. The second kappa shape index (κ2) is 5.90. The van der Waals surface area contributed by atoms with Crippen LogP contribution in [-0.4, -0.2) is 47.0 Å². The van der Waals surface area contributed by atoms with Gasteiger partial charge < -0.3 is 4.74 Å². The second-order valence-electron chi connectivity index (χ2n) is 4.88. The number of thiophene rings is 1. The van der Waals surface area contributed by atoms with Crippen molar-refractivity contribution in [3.63, 3.8) is 0 Å². The summed E-state index contributed by atoms with van der Waals surface area (Å²) in [5.41, 5.74) is 0. The Morgan fingerprint density at radius 3 is 3.15 bits per heavy atom. The van der Waals surface area contributed by atoms with E-state index < -0.39 is 5.76 Å². The Kier molecular flexibility index (Phi) is 4.00. The Morgan fingerprint density at radius 1 is 1.50 bits per heavy atom. The van der Waals surface area contributed by atoms with Crippen molar-refractivity contribution in [2.75, 3.05) is 26.2 Å². The molecule has 108 valence electrons. The van der Waals surface area contributed by atoms with Crippen molar-refractivity contribution in [3.05, 3.63) is 28.1 Å². The molecule has 0 bridgehead atoms. The summed E-state index contributed by atoms with van der Waals surface area (Å²) < 4.78 is 11.9. The van der Waals surface area contributed by atoms with Gasteiger partial charge in [0.05, 0.1) is 17.6 Å². The Bertz CT molecular complexity index is 605. The van der Waals surface area contributed by atoms with Crippen molar-refractivity contribution in [2.45, 2.75) is 19.6 Å². The molecule has 0 N–H and O–H groups in total. The lowest BCUT2D eigenvalue weighted by molar-refractivity contribution is -0.0192. The zero-order valence-electron chi connectivity index (χ0n) is 11.3. The quantitative estimate of drug-likeness (QED) is 0.850. The predicted molar refractivity (Wildman–Crippen MR) is 75.9 cm³/mol. The van der Waals surface area contributed by atoms with Crippen molar-refractivity contribution < 1.29 is 9.26 Å². The van der Waals surface area contributed by atoms with E-state index in [-0.39, 0.29) is 6.10 Å². The summed E-state index contributed by atoms with van der Waals surface area (Å²) in [7, 11) is 0. The fourth-order valence-corrected chi connectivity index (χ4v) is 3.10. The third-order valence-corrected chi connectivity index (χ3v) is 4.26. The molecule has 6 nitrogen and oxygen atoms in total. The summed E-state index contributed by atoms with van der Waals surface area (Å²) >= 11 is 1.55. The van der Waals surface area contributed by atoms with Crippen LogP contribution >= 0.6 is 11.3 Å². The predicted octanol–water partition coefficient (Wildman–Crippen LogP) is 1.29. The molecule has 0 amide bonds. The van der Waals surface area contributed by atoms with Crippen molar-refractivity contribution in [2.24, 2.45) is 0 Å². The van der Waals surface area contributed by atoms with Crippen LogP contribution in [0.2, 0.25) is 0 Å². The highest BCUT2D eigenvalue weighted by atomic mass is 32.1. The summed E-state index contributed by atoms with van der Waals surface area (Å²) in [4.78, 5) is 15.0. The molecule has 0 radical (unpaired) electrons. The lowest BCUT2D eigenvalue weighted by Crippen LogP contribution is -2.42. The minimum absolute atomic E-state index is 0.250. The van der Waals surface area contributed by atoms with Crippen molar-refractivity contribution in [1.82, 2.24) is 14.6 Å². The van der Waals surface area contributed by atoms with Gasteiger partial charge in [-0.1, -0.05) is 11.2 Å². The molecule has 7 heteroatoms. The molecule has 1 saturated heterocycles. The fourth-order valence-electron chi connectivity index (χ4n) is 2.38. The zero-order valence-corrected chi connectivity index (χ0v) is 12.1. The van der Waals surface area contributed by atoms with Crippen LogP contribution in [0, 0.1) is 0 Å². The Hall–Kier alpha value is -1.44. The van der Waals surface area contributed by atoms with Gasteiger partial charge in [-0.3, -0.25) is 14.0 Å². The minimum atomic E-state index is -0.394. The number of aromatic nitrogens is 2. The van der Waals surface area contributed by atoms with E-state index in [4.69, 9.17) is 9.26 Å². The third-order valence-electron chi connectivity index (χ3n) is 3.39. The van der Waals surface area contributed by atoms with Crippen molar-refractivity contribution in [1.29, 1.82) is 0 Å². The van der Waals surface area contributed by atoms with Crippen LogP contribution in [-0.2, 0) is 11.3 Å². The molecule has 1 aliphatic heterocycles. The summed E-state index contributed by atoms with van der Waals surface area (Å²) in [5.74, 6) is 0.223. The maximum atomic E-state index is 11.8. The molecule has 2 aromatic rings. The molecule has 0 saturated carbocycles. The van der Waals surface area contributed by atoms with Gasteiger partial charge in [0.2, 0.25) is 0 Å². The van der Waals surface area contributed by atoms with Gasteiger partial charge in [0, 0.05) is 26.2 Å². The number of morpholine rings is 1. The Morgan fingerprint density at radius 2 is 2.40 bits per heavy atom. The number of rotatable bonds is 4. The van der Waals surface area contributed by atoms with Gasteiger partial charge in [-0.15, -0.1) is 11.3 Å². The topological polar surface area (TPSA) is 60.5 Å². The molecule has 1 aliphatic rings. The highest BCUT2D eigenvalue weighted by Crippen LogP contribution is 2.21. The maximum absolute atomic E-state index is 11.8. The van der Waals surface area contributed by atoms with Crippen molar-refractivity contribution in [3.8, 4) is 10.7 Å². The first-order chi connectivity index (χ1) is 9.74. The first-order valence-corrected chi connectivity index (χ1v) is 7.56. The average molecular weight is 295 g/mol. The molecule has 20 heavy (non-hydrogen) atoms. The molecule has 0 spiro atoms. The lowest BCUT2D eigenvalue weighted by atomic mass is 10.3. The smallest absolute Gasteiger partial charge is 0.376 e. The molecule has 3 heterocycles. The van der Waals surface area contributed by atoms with Crippen LogP contribution in [0.25, 0.3) is 10.7 Å². The van der Waals surface area contributed by atoms with Crippen LogP contribution in [0.15, 0.2) is 26.8 Å². The van der Waals surface area contributed by atoms with Gasteiger partial charge in [-0.2, -0.15) is 0 Å². The van der Waals surface area contributed by atoms with Crippen LogP contribution in [0.1, 0.15) is 6.92 Å². The van der Waals surface area contributed by atoms with Gasteiger partial charge in [0.15, 0.2) is 5.82 Å². The second-order valence-corrected chi connectivity index (χ2v) is 5.83. The van der Waals surface area contributed by atoms with Crippen LogP contribution < -0.4 is 5.76 Å². The molecule has 0 aromatic carbocycles. The van der Waals surface area contributed by atoms with Gasteiger partial charge >= 0.3 is 5.76 Å². The Labute approximate surface area is 120 Å². The average Bonchev–Trinajstić information content (AvgIpc) is 3.06. The summed E-state index contributed by atoms with van der Waals surface area (Å²) in [6, 6.07) is 3.88. The maximum Gasteiger partial charge on any atom is 0.441 e. The van der Waals surface area contributed by atoms with Crippen LogP contribution in [0.3, 0.4) is 0 Å². The van der Waals surface area contributed by atoms with E-state index in [2.05, 4.69) is 17.0 Å². The number of hydrogen-bond donors (Lipinski definition) is 0. The Balaban J connectivity index is 1.71. The van der Waals surface area contributed by atoms with Crippen molar-refractivity contribution >= 4 is 11.3 Å². The summed E-state index contributed by atoms with van der Waals surface area (Å²) in [6.45, 7) is 5.99. The third kappa shape index (κ3) is 2.84. The molecular weight excluding hydrogens is 278 g/mol. The lowest BCUT2D eigenvalue weighted by Gasteiger charge is -2.30. The van der Waals surface area contributed by atoms with E-state index in [1.165, 1.54) is 0 Å². The first kappa shape index (κ1) is 13.5. The van der Waals surface area contributed by atoms with E-state index in [9.17, 15) is 4.79 Å². The van der Waals surface area contributed by atoms with Gasteiger partial charge in [0.1, 0.15) is 0 Å². The molecule has 1 fully saturated rings. The van der Waals surface area contributed by atoms with E-state index in [0.717, 1.165) is 31.1 Å². The minimum Gasteiger partial charge on any atom is -0.376 e. The molecule has 0 aliphatic carbocycles. The number of ether oxygens (including phenoxy) is 1. The van der Waals surface area contributed by atoms with E-state index in [1.54, 1.807) is 15.9 Å². The molecule has 1 atom stereocenters. The molecular formula is C13H17N3O3S. The van der Waals surface area contributed by atoms with E-state index in [0.29, 0.717) is 12.4 Å². The first-order valence-electron chi connectivity index (χ1n) is 6.68. The van der Waals surface area contributed by atoms with Gasteiger partial charge in [-0.05, 0) is 18.4 Å². The fraction of sp³-hybridized carbons (Fsp3) is 0.538. The van der Waals surface area contributed by atoms with Gasteiger partial charge in [0.25, 0.3) is 0 Å². The number of hydrogen-bond acceptors (Lipinski definition) is 6. The zero-order chi connectivity index (χ0) is 13.9. The van der Waals surface area contributed by atoms with E-state index in [1.807, 2.05) is 17.5 Å².